The molecule has 1 amide bonds. The fourth-order valence-corrected chi connectivity index (χ4v) is 4.27. The zero-order valence-electron chi connectivity index (χ0n) is 22.2. The lowest BCUT2D eigenvalue weighted by Crippen LogP contribution is -2.25. The molecule has 0 spiro atoms. The molecule has 2 N–H and O–H groups in total. The Bertz CT molecular complexity index is 1830. The third kappa shape index (κ3) is 5.76. The molecule has 0 saturated heterocycles. The van der Waals surface area contributed by atoms with Crippen LogP contribution in [0, 0.1) is 13.8 Å². The van der Waals surface area contributed by atoms with E-state index in [9.17, 15) is 22.8 Å². The average molecular weight is 560 g/mol. The van der Waals surface area contributed by atoms with Crippen molar-refractivity contribution in [2.75, 3.05) is 10.6 Å². The molecule has 12 heteroatoms. The van der Waals surface area contributed by atoms with Gasteiger partial charge in [-0.2, -0.15) is 23.1 Å². The molecule has 0 atom stereocenters. The number of pyridine rings is 1. The van der Waals surface area contributed by atoms with Crippen molar-refractivity contribution in [2.45, 2.75) is 33.4 Å². The van der Waals surface area contributed by atoms with Crippen LogP contribution >= 0.6 is 0 Å². The highest BCUT2D eigenvalue weighted by molar-refractivity contribution is 6.04. The number of rotatable bonds is 6. The van der Waals surface area contributed by atoms with Gasteiger partial charge in [-0.05, 0) is 68.3 Å². The van der Waals surface area contributed by atoms with Gasteiger partial charge in [0.1, 0.15) is 0 Å². The van der Waals surface area contributed by atoms with E-state index in [0.29, 0.717) is 28.0 Å². The van der Waals surface area contributed by atoms with E-state index in [0.717, 1.165) is 24.2 Å². The minimum Gasteiger partial charge on any atom is -0.323 e. The van der Waals surface area contributed by atoms with Crippen LogP contribution in [0.25, 0.3) is 16.7 Å². The van der Waals surface area contributed by atoms with Gasteiger partial charge in [0.2, 0.25) is 5.95 Å². The van der Waals surface area contributed by atoms with E-state index in [-0.39, 0.29) is 22.8 Å². The zero-order chi connectivity index (χ0) is 29.3. The number of nitrogens with zero attached hydrogens (tertiary/aromatic N) is 5. The predicted molar refractivity (Wildman–Crippen MR) is 149 cm³/mol. The number of hydrogen-bond donors (Lipinski definition) is 2. The molecule has 208 valence electrons. The van der Waals surface area contributed by atoms with Crippen LogP contribution in [0.4, 0.5) is 30.5 Å². The van der Waals surface area contributed by atoms with Gasteiger partial charge in [-0.25, -0.2) is 9.78 Å². The largest absolute Gasteiger partial charge is 0.416 e. The second kappa shape index (κ2) is 10.8. The van der Waals surface area contributed by atoms with E-state index in [1.54, 1.807) is 44.4 Å². The molecule has 9 nitrogen and oxygen atoms in total. The first-order valence-electron chi connectivity index (χ1n) is 12.6. The maximum Gasteiger partial charge on any atom is 0.416 e. The summed E-state index contributed by atoms with van der Waals surface area (Å²) >= 11 is 0. The van der Waals surface area contributed by atoms with Gasteiger partial charge in [-0.15, -0.1) is 0 Å². The minimum absolute atomic E-state index is 0.152. The molecular formula is C29H24F3N7O2. The van der Waals surface area contributed by atoms with Crippen molar-refractivity contribution in [2.24, 2.45) is 0 Å². The number of hydrogen-bond acceptors (Lipinski definition) is 7. The summed E-state index contributed by atoms with van der Waals surface area (Å²) in [4.78, 5) is 43.2. The summed E-state index contributed by atoms with van der Waals surface area (Å²) < 4.78 is 40.6. The number of amides is 1. The first kappa shape index (κ1) is 27.4. The van der Waals surface area contributed by atoms with Crippen LogP contribution in [0.5, 0.6) is 0 Å². The molecule has 5 rings (SSSR count). The third-order valence-electron chi connectivity index (χ3n) is 6.49. The number of nitrogens with one attached hydrogen (secondary N) is 2. The fraction of sp³-hybridized carbons (Fsp3) is 0.172. The number of alkyl halides is 3. The van der Waals surface area contributed by atoms with Crippen molar-refractivity contribution in [1.82, 2.24) is 24.5 Å². The van der Waals surface area contributed by atoms with Crippen LogP contribution in [0.15, 0.2) is 71.8 Å². The van der Waals surface area contributed by atoms with Crippen molar-refractivity contribution in [3.63, 3.8) is 0 Å². The topological polar surface area (TPSA) is 115 Å². The van der Waals surface area contributed by atoms with E-state index in [4.69, 9.17) is 0 Å². The highest BCUT2D eigenvalue weighted by atomic mass is 19.4. The summed E-state index contributed by atoms with van der Waals surface area (Å²) in [5.41, 5.74) is 2.11. The number of halogens is 3. The molecule has 0 bridgehead atoms. The second-order valence-electron chi connectivity index (χ2n) is 9.30. The molecule has 3 aromatic heterocycles. The van der Waals surface area contributed by atoms with Crippen LogP contribution in [0.1, 0.15) is 39.8 Å². The van der Waals surface area contributed by atoms with Crippen molar-refractivity contribution in [3.05, 3.63) is 106 Å². The van der Waals surface area contributed by atoms with Crippen LogP contribution < -0.4 is 16.3 Å². The number of carbonyl (C=O) groups is 1. The Morgan fingerprint density at radius 3 is 2.44 bits per heavy atom. The number of benzene rings is 2. The quantitative estimate of drug-likeness (QED) is 0.272. The summed E-state index contributed by atoms with van der Waals surface area (Å²) in [5, 5.41) is 6.20. The van der Waals surface area contributed by atoms with Gasteiger partial charge in [0.25, 0.3) is 5.91 Å². The summed E-state index contributed by atoms with van der Waals surface area (Å²) in [7, 11) is 0. The maximum atomic E-state index is 13.2. The molecule has 0 aliphatic carbocycles. The van der Waals surface area contributed by atoms with Gasteiger partial charge in [0, 0.05) is 28.8 Å². The van der Waals surface area contributed by atoms with Crippen molar-refractivity contribution >= 4 is 34.3 Å². The van der Waals surface area contributed by atoms with E-state index < -0.39 is 23.3 Å². The fourth-order valence-electron chi connectivity index (χ4n) is 4.27. The smallest absolute Gasteiger partial charge is 0.323 e. The second-order valence-corrected chi connectivity index (χ2v) is 9.30. The Kier molecular flexibility index (Phi) is 7.22. The van der Waals surface area contributed by atoms with E-state index in [1.807, 2.05) is 19.1 Å². The third-order valence-corrected chi connectivity index (χ3v) is 6.49. The lowest BCUT2D eigenvalue weighted by molar-refractivity contribution is -0.137. The number of carbonyl (C=O) groups excluding carboxylic acids is 1. The Hall–Kier alpha value is -5.13. The van der Waals surface area contributed by atoms with E-state index in [2.05, 4.69) is 30.6 Å². The molecule has 0 aliphatic heterocycles. The Balaban J connectivity index is 1.45. The molecule has 0 radical (unpaired) electrons. The van der Waals surface area contributed by atoms with Crippen LogP contribution in [0.3, 0.4) is 0 Å². The molecule has 0 fully saturated rings. The summed E-state index contributed by atoms with van der Waals surface area (Å²) in [6.07, 6.45) is -0.532. The number of fused-ring (bicyclic) bond motifs is 1. The Morgan fingerprint density at radius 2 is 1.73 bits per heavy atom. The highest BCUT2D eigenvalue weighted by Crippen LogP contribution is 2.30. The molecule has 0 saturated carbocycles. The van der Waals surface area contributed by atoms with Crippen molar-refractivity contribution < 1.29 is 18.0 Å². The number of aryl methyl sites for hydroxylation is 3. The van der Waals surface area contributed by atoms with Crippen LogP contribution in [0.2, 0.25) is 0 Å². The normalized spacial score (nSPS) is 11.5. The van der Waals surface area contributed by atoms with Gasteiger partial charge in [0.05, 0.1) is 28.5 Å². The van der Waals surface area contributed by atoms with Gasteiger partial charge >= 0.3 is 11.9 Å². The maximum absolute atomic E-state index is 13.2. The average Bonchev–Trinajstić information content (AvgIpc) is 2.94. The van der Waals surface area contributed by atoms with E-state index >= 15 is 0 Å². The first-order valence-corrected chi connectivity index (χ1v) is 12.6. The van der Waals surface area contributed by atoms with Gasteiger partial charge in [0.15, 0.2) is 5.65 Å². The van der Waals surface area contributed by atoms with Crippen LogP contribution in [-0.2, 0) is 12.6 Å². The molecule has 0 aliphatic rings. The standard InChI is InChI=1S/C29H24F3N7O2/c1-4-20-10-11-22(14-33-20)36-27-34-15-23-17(3)39(28(41)38-25(23)37-27)24-13-21(9-8-16(24)2)35-26(40)18-6-5-7-19(12-18)29(30,31)32/h5-15H,4H2,1-3H3,(H,35,40)(H,36,37,38,41). The Labute approximate surface area is 232 Å². The molecule has 3 heterocycles. The van der Waals surface area contributed by atoms with Crippen molar-refractivity contribution in [1.29, 1.82) is 0 Å². The van der Waals surface area contributed by atoms with Crippen LogP contribution in [-0.4, -0.2) is 30.4 Å². The molecule has 41 heavy (non-hydrogen) atoms. The molecule has 5 aromatic rings. The lowest BCUT2D eigenvalue weighted by Gasteiger charge is -2.16. The first-order chi connectivity index (χ1) is 19.5. The summed E-state index contributed by atoms with van der Waals surface area (Å²) in [6, 6.07) is 12.7. The number of aromatic nitrogens is 5. The molecule has 2 aromatic carbocycles. The summed E-state index contributed by atoms with van der Waals surface area (Å²) in [6.45, 7) is 5.52. The highest BCUT2D eigenvalue weighted by Gasteiger charge is 2.31. The Morgan fingerprint density at radius 1 is 0.951 bits per heavy atom. The lowest BCUT2D eigenvalue weighted by atomic mass is 10.1. The van der Waals surface area contributed by atoms with Gasteiger partial charge < -0.3 is 10.6 Å². The van der Waals surface area contributed by atoms with E-state index in [1.165, 1.54) is 16.7 Å². The SMILES string of the molecule is CCc1ccc(Nc2ncc3c(C)n(-c4cc(NC(=O)c5cccc(C(F)(F)F)c5)ccc4C)c(=O)nc3n2)cn1. The van der Waals surface area contributed by atoms with Gasteiger partial charge in [-0.1, -0.05) is 19.1 Å². The monoisotopic (exact) mass is 559 g/mol. The van der Waals surface area contributed by atoms with Crippen molar-refractivity contribution in [3.8, 4) is 5.69 Å². The number of anilines is 3. The minimum atomic E-state index is -4.58. The molecule has 0 unspecified atom stereocenters. The zero-order valence-corrected chi connectivity index (χ0v) is 22.2. The predicted octanol–water partition coefficient (Wildman–Crippen LogP) is 5.76. The summed E-state index contributed by atoms with van der Waals surface area (Å²) in [5.74, 6) is -0.470. The molecular weight excluding hydrogens is 535 g/mol. The van der Waals surface area contributed by atoms with Gasteiger partial charge in [-0.3, -0.25) is 14.3 Å².